The molecule has 1 amide bonds. The van der Waals surface area contributed by atoms with Crippen LogP contribution in [-0.2, 0) is 17.6 Å². The van der Waals surface area contributed by atoms with Crippen LogP contribution >= 0.6 is 0 Å². The Balaban J connectivity index is 1.89. The van der Waals surface area contributed by atoms with E-state index in [1.807, 2.05) is 30.3 Å². The van der Waals surface area contributed by atoms with Crippen LogP contribution in [0.25, 0.3) is 0 Å². The van der Waals surface area contributed by atoms with Crippen molar-refractivity contribution in [1.29, 1.82) is 0 Å². The van der Waals surface area contributed by atoms with Crippen molar-refractivity contribution >= 4 is 11.6 Å². The summed E-state index contributed by atoms with van der Waals surface area (Å²) in [6, 6.07) is 12.9. The maximum Gasteiger partial charge on any atom is 0.226 e. The number of hydrogen-bond acceptors (Lipinski definition) is 4. The molecule has 0 radical (unpaired) electrons. The number of carbonyl (C=O) groups excluding carboxylic acids is 1. The molecule has 1 atom stereocenters. The molecule has 0 aliphatic rings. The van der Waals surface area contributed by atoms with Crippen molar-refractivity contribution in [3.05, 3.63) is 59.9 Å². The second-order valence-corrected chi connectivity index (χ2v) is 4.90. The summed E-state index contributed by atoms with van der Waals surface area (Å²) >= 11 is 0. The number of carbonyl (C=O) groups is 1. The van der Waals surface area contributed by atoms with E-state index in [-0.39, 0.29) is 25.0 Å². The largest absolute Gasteiger partial charge is 0.397 e. The zero-order valence-corrected chi connectivity index (χ0v) is 11.7. The van der Waals surface area contributed by atoms with Crippen LogP contribution < -0.4 is 11.1 Å². The van der Waals surface area contributed by atoms with E-state index >= 15 is 0 Å². The van der Waals surface area contributed by atoms with Gasteiger partial charge in [0.15, 0.2) is 0 Å². The van der Waals surface area contributed by atoms with Crippen LogP contribution in [0.2, 0.25) is 0 Å². The zero-order chi connectivity index (χ0) is 15.1. The monoisotopic (exact) mass is 285 g/mol. The minimum Gasteiger partial charge on any atom is -0.397 e. The first-order valence-corrected chi connectivity index (χ1v) is 6.82. The fourth-order valence-electron chi connectivity index (χ4n) is 2.04. The lowest BCUT2D eigenvalue weighted by atomic mass is 10.1. The fourth-order valence-corrected chi connectivity index (χ4v) is 2.04. The third-order valence-electron chi connectivity index (χ3n) is 3.10. The normalized spacial score (nSPS) is 11.9. The maximum atomic E-state index is 12.0. The first kappa shape index (κ1) is 15.0. The van der Waals surface area contributed by atoms with E-state index < -0.39 is 0 Å². The van der Waals surface area contributed by atoms with Gasteiger partial charge in [-0.2, -0.15) is 0 Å². The number of aliphatic hydroxyl groups is 1. The Morgan fingerprint density at radius 3 is 2.62 bits per heavy atom. The Kier molecular flexibility index (Phi) is 5.29. The smallest absolute Gasteiger partial charge is 0.226 e. The number of aliphatic hydroxyl groups excluding tert-OH is 1. The van der Waals surface area contributed by atoms with Gasteiger partial charge in [0.05, 0.1) is 31.0 Å². The van der Waals surface area contributed by atoms with E-state index in [0.29, 0.717) is 17.8 Å². The molecule has 0 unspecified atom stereocenters. The molecule has 1 aromatic heterocycles. The molecule has 21 heavy (non-hydrogen) atoms. The molecule has 2 rings (SSSR count). The number of pyridine rings is 1. The number of nitrogens with one attached hydrogen (secondary N) is 1. The minimum absolute atomic E-state index is 0.101. The van der Waals surface area contributed by atoms with Crippen LogP contribution in [0.1, 0.15) is 11.3 Å². The van der Waals surface area contributed by atoms with E-state index in [9.17, 15) is 9.90 Å². The Hall–Kier alpha value is -2.40. The Bertz CT molecular complexity index is 570. The van der Waals surface area contributed by atoms with Crippen LogP contribution in [0.15, 0.2) is 48.7 Å². The van der Waals surface area contributed by atoms with Crippen molar-refractivity contribution in [2.24, 2.45) is 0 Å². The molecular weight excluding hydrogens is 266 g/mol. The number of hydrogen-bond donors (Lipinski definition) is 3. The van der Waals surface area contributed by atoms with Gasteiger partial charge in [0, 0.05) is 5.69 Å². The maximum absolute atomic E-state index is 12.0. The van der Waals surface area contributed by atoms with Crippen molar-refractivity contribution in [2.45, 2.75) is 18.9 Å². The summed E-state index contributed by atoms with van der Waals surface area (Å²) < 4.78 is 0. The molecule has 0 fully saturated rings. The molecule has 0 aliphatic heterocycles. The van der Waals surface area contributed by atoms with Crippen molar-refractivity contribution in [2.75, 3.05) is 12.3 Å². The third kappa shape index (κ3) is 4.89. The number of nitrogen functional groups attached to an aromatic ring is 1. The lowest BCUT2D eigenvalue weighted by molar-refractivity contribution is -0.121. The quantitative estimate of drug-likeness (QED) is 0.736. The summed E-state index contributed by atoms with van der Waals surface area (Å²) in [7, 11) is 0. The molecule has 1 aromatic carbocycles. The lowest BCUT2D eigenvalue weighted by Gasteiger charge is -2.16. The summed E-state index contributed by atoms with van der Waals surface area (Å²) in [4.78, 5) is 16.1. The van der Waals surface area contributed by atoms with Crippen LogP contribution in [0, 0.1) is 0 Å². The molecule has 110 valence electrons. The van der Waals surface area contributed by atoms with Gasteiger partial charge < -0.3 is 16.2 Å². The van der Waals surface area contributed by atoms with Crippen molar-refractivity contribution in [1.82, 2.24) is 10.3 Å². The molecule has 4 N–H and O–H groups in total. The van der Waals surface area contributed by atoms with Gasteiger partial charge in [-0.25, -0.2) is 0 Å². The topological polar surface area (TPSA) is 88.2 Å². The standard InChI is InChI=1S/C16H19N3O2/c17-13-6-7-14(18-10-13)9-16(21)19-15(11-20)8-12-4-2-1-3-5-12/h1-7,10,15,20H,8-9,11,17H2,(H,19,21)/t15-/m0/s1. The van der Waals surface area contributed by atoms with Crippen molar-refractivity contribution < 1.29 is 9.90 Å². The van der Waals surface area contributed by atoms with Gasteiger partial charge >= 0.3 is 0 Å². The lowest BCUT2D eigenvalue weighted by Crippen LogP contribution is -2.40. The number of aromatic nitrogens is 1. The van der Waals surface area contributed by atoms with Crippen LogP contribution in [0.5, 0.6) is 0 Å². The predicted octanol–water partition coefficient (Wildman–Crippen LogP) is 0.926. The van der Waals surface area contributed by atoms with Gasteiger partial charge in [-0.3, -0.25) is 9.78 Å². The molecule has 0 aliphatic carbocycles. The highest BCUT2D eigenvalue weighted by Crippen LogP contribution is 2.05. The highest BCUT2D eigenvalue weighted by Gasteiger charge is 2.13. The second kappa shape index (κ2) is 7.40. The summed E-state index contributed by atoms with van der Waals surface area (Å²) in [6.45, 7) is -0.101. The number of nitrogens with zero attached hydrogens (tertiary/aromatic N) is 1. The summed E-state index contributed by atoms with van der Waals surface area (Å²) in [5.74, 6) is -0.165. The van der Waals surface area contributed by atoms with Crippen LogP contribution in [0.4, 0.5) is 5.69 Å². The van der Waals surface area contributed by atoms with E-state index in [1.165, 1.54) is 6.20 Å². The van der Waals surface area contributed by atoms with Crippen molar-refractivity contribution in [3.63, 3.8) is 0 Å². The molecule has 1 heterocycles. The number of rotatable bonds is 6. The fraction of sp³-hybridized carbons (Fsp3) is 0.250. The van der Waals surface area contributed by atoms with Gasteiger partial charge in [0.25, 0.3) is 0 Å². The highest BCUT2D eigenvalue weighted by atomic mass is 16.3. The first-order valence-electron chi connectivity index (χ1n) is 6.82. The molecular formula is C16H19N3O2. The average molecular weight is 285 g/mol. The van der Waals surface area contributed by atoms with E-state index in [4.69, 9.17) is 5.73 Å². The molecule has 0 saturated heterocycles. The predicted molar refractivity (Wildman–Crippen MR) is 81.5 cm³/mol. The van der Waals surface area contributed by atoms with Crippen LogP contribution in [0.3, 0.4) is 0 Å². The summed E-state index contributed by atoms with van der Waals surface area (Å²) in [5.41, 5.74) is 7.84. The molecule has 2 aromatic rings. The molecule has 0 saturated carbocycles. The van der Waals surface area contributed by atoms with Gasteiger partial charge in [-0.05, 0) is 24.1 Å². The minimum atomic E-state index is -0.298. The molecule has 5 nitrogen and oxygen atoms in total. The summed E-state index contributed by atoms with van der Waals surface area (Å²) in [6.07, 6.45) is 2.29. The number of nitrogens with two attached hydrogens (primary N) is 1. The molecule has 0 bridgehead atoms. The average Bonchev–Trinajstić information content (AvgIpc) is 2.50. The first-order chi connectivity index (χ1) is 10.2. The number of anilines is 1. The van der Waals surface area contributed by atoms with Gasteiger partial charge in [0.2, 0.25) is 5.91 Å². The van der Waals surface area contributed by atoms with Gasteiger partial charge in [-0.1, -0.05) is 30.3 Å². The Morgan fingerprint density at radius 1 is 1.24 bits per heavy atom. The third-order valence-corrected chi connectivity index (χ3v) is 3.10. The second-order valence-electron chi connectivity index (χ2n) is 4.90. The van der Waals surface area contributed by atoms with Gasteiger partial charge in [0.1, 0.15) is 0 Å². The number of amides is 1. The van der Waals surface area contributed by atoms with E-state index in [2.05, 4.69) is 10.3 Å². The highest BCUT2D eigenvalue weighted by molar-refractivity contribution is 5.78. The molecule has 0 spiro atoms. The number of benzene rings is 1. The van der Waals surface area contributed by atoms with E-state index in [1.54, 1.807) is 12.1 Å². The molecule has 5 heteroatoms. The Morgan fingerprint density at radius 2 is 2.00 bits per heavy atom. The Labute approximate surface area is 123 Å². The summed E-state index contributed by atoms with van der Waals surface area (Å²) in [5, 5.41) is 12.2. The van der Waals surface area contributed by atoms with E-state index in [0.717, 1.165) is 5.56 Å². The van der Waals surface area contributed by atoms with Crippen LogP contribution in [-0.4, -0.2) is 28.6 Å². The zero-order valence-electron chi connectivity index (χ0n) is 11.7. The van der Waals surface area contributed by atoms with Gasteiger partial charge in [-0.15, -0.1) is 0 Å². The van der Waals surface area contributed by atoms with Crippen molar-refractivity contribution in [3.8, 4) is 0 Å². The SMILES string of the molecule is Nc1ccc(CC(=O)N[C@H](CO)Cc2ccccc2)nc1.